The van der Waals surface area contributed by atoms with Gasteiger partial charge >= 0.3 is 6.18 Å². The van der Waals surface area contributed by atoms with Gasteiger partial charge in [-0.2, -0.15) is 18.3 Å². The Labute approximate surface area is 134 Å². The quantitative estimate of drug-likeness (QED) is 0.923. The fourth-order valence-electron chi connectivity index (χ4n) is 2.77. The lowest BCUT2D eigenvalue weighted by Gasteiger charge is -2.34. The van der Waals surface area contributed by atoms with Crippen molar-refractivity contribution in [3.63, 3.8) is 0 Å². The topological polar surface area (TPSA) is 79.2 Å². The number of anilines is 1. The van der Waals surface area contributed by atoms with Crippen molar-refractivity contribution >= 4 is 11.8 Å². The number of hydrogen-bond donors (Lipinski definition) is 1. The van der Waals surface area contributed by atoms with Crippen LogP contribution in [0.1, 0.15) is 34.4 Å². The summed E-state index contributed by atoms with van der Waals surface area (Å²) in [6.45, 7) is 0. The summed E-state index contributed by atoms with van der Waals surface area (Å²) >= 11 is 0. The van der Waals surface area contributed by atoms with Crippen molar-refractivity contribution in [2.75, 3.05) is 12.4 Å². The number of nitrogens with zero attached hydrogens (tertiary/aromatic N) is 2. The molecule has 1 N–H and O–H groups in total. The van der Waals surface area contributed by atoms with Crippen molar-refractivity contribution < 1.29 is 27.8 Å². The molecule has 1 aliphatic heterocycles. The molecule has 0 fully saturated rings. The number of nitrogens with one attached hydrogen (secondary N) is 1. The van der Waals surface area contributed by atoms with Crippen molar-refractivity contribution in [2.24, 2.45) is 0 Å². The maximum Gasteiger partial charge on any atom is 0.410 e. The number of aromatic carboxylic acids is 1. The van der Waals surface area contributed by atoms with Crippen LogP contribution >= 0.6 is 0 Å². The maximum absolute atomic E-state index is 13.4. The zero-order chi connectivity index (χ0) is 17.5. The van der Waals surface area contributed by atoms with Gasteiger partial charge in [-0.1, -0.05) is 12.1 Å². The number of halogens is 3. The molecule has 24 heavy (non-hydrogen) atoms. The number of ether oxygens (including phenoxy) is 1. The molecule has 0 unspecified atom stereocenters. The number of aromatic nitrogens is 2. The molecule has 0 saturated carbocycles. The monoisotopic (exact) mass is 340 g/mol. The summed E-state index contributed by atoms with van der Waals surface area (Å²) < 4.78 is 45.8. The van der Waals surface area contributed by atoms with E-state index in [1.165, 1.54) is 7.11 Å². The standard InChI is InChI=1S/C15H14F3N3O3/c1-24-9-4-2-8(3-5-9)11-6-12(15(16,17)18)21-13(20-11)10(7-19-21)14(22)23/h2-5,7,11-12,20H,6H2,1H3,(H,22,23)/p-1/t11-,12+/m0/s1. The van der Waals surface area contributed by atoms with Crippen molar-refractivity contribution in [1.82, 2.24) is 9.78 Å². The van der Waals surface area contributed by atoms with Gasteiger partial charge in [0.15, 0.2) is 6.04 Å². The van der Waals surface area contributed by atoms with Gasteiger partial charge in [0.25, 0.3) is 0 Å². The Morgan fingerprint density at radius 2 is 2.04 bits per heavy atom. The molecule has 1 aliphatic rings. The summed E-state index contributed by atoms with van der Waals surface area (Å²) in [4.78, 5) is 11.1. The molecule has 3 rings (SSSR count). The van der Waals surface area contributed by atoms with E-state index in [9.17, 15) is 23.1 Å². The van der Waals surface area contributed by atoms with Crippen LogP contribution in [0.3, 0.4) is 0 Å². The Morgan fingerprint density at radius 1 is 1.38 bits per heavy atom. The van der Waals surface area contributed by atoms with Crippen LogP contribution in [-0.2, 0) is 0 Å². The van der Waals surface area contributed by atoms with E-state index < -0.39 is 29.8 Å². The molecule has 9 heteroatoms. The predicted octanol–water partition coefficient (Wildman–Crippen LogP) is 1.92. The fourth-order valence-corrected chi connectivity index (χ4v) is 2.77. The molecule has 0 radical (unpaired) electrons. The Hall–Kier alpha value is -2.71. The lowest BCUT2D eigenvalue weighted by atomic mass is 9.96. The number of methoxy groups -OCH3 is 1. The minimum Gasteiger partial charge on any atom is -0.545 e. The molecule has 2 heterocycles. The molecule has 2 aromatic rings. The highest BCUT2D eigenvalue weighted by atomic mass is 19.4. The second-order valence-electron chi connectivity index (χ2n) is 5.40. The van der Waals surface area contributed by atoms with E-state index >= 15 is 0 Å². The molecule has 0 spiro atoms. The Balaban J connectivity index is 2.02. The third-order valence-corrected chi connectivity index (χ3v) is 3.98. The molecule has 128 valence electrons. The number of carbonyl (C=O) groups excluding carboxylic acids is 1. The third kappa shape index (κ3) is 2.77. The van der Waals surface area contributed by atoms with Crippen LogP contribution in [0.25, 0.3) is 0 Å². The van der Waals surface area contributed by atoms with E-state index in [1.807, 2.05) is 0 Å². The first-order valence-electron chi connectivity index (χ1n) is 7.07. The highest BCUT2D eigenvalue weighted by molar-refractivity contribution is 5.91. The number of hydrogen-bond acceptors (Lipinski definition) is 5. The average molecular weight is 340 g/mol. The first-order valence-corrected chi connectivity index (χ1v) is 7.07. The Morgan fingerprint density at radius 3 is 2.58 bits per heavy atom. The zero-order valence-corrected chi connectivity index (χ0v) is 12.5. The summed E-state index contributed by atoms with van der Waals surface area (Å²) in [5, 5.41) is 17.5. The summed E-state index contributed by atoms with van der Waals surface area (Å²) in [5.74, 6) is -1.22. The summed E-state index contributed by atoms with van der Waals surface area (Å²) in [5.41, 5.74) is 0.184. The van der Waals surface area contributed by atoms with Gasteiger partial charge in [0.2, 0.25) is 0 Å². The lowest BCUT2D eigenvalue weighted by Crippen LogP contribution is -2.36. The van der Waals surface area contributed by atoms with Gasteiger partial charge in [-0.25, -0.2) is 4.68 Å². The van der Waals surface area contributed by atoms with E-state index in [4.69, 9.17) is 4.74 Å². The highest BCUT2D eigenvalue weighted by Gasteiger charge is 2.46. The van der Waals surface area contributed by atoms with Crippen molar-refractivity contribution in [1.29, 1.82) is 0 Å². The molecule has 0 saturated heterocycles. The zero-order valence-electron chi connectivity index (χ0n) is 12.5. The van der Waals surface area contributed by atoms with Crippen LogP contribution in [0.15, 0.2) is 30.5 Å². The van der Waals surface area contributed by atoms with Gasteiger partial charge < -0.3 is 20.0 Å². The van der Waals surface area contributed by atoms with Gasteiger partial charge in [0.1, 0.15) is 11.6 Å². The number of carboxylic acids is 1. The van der Waals surface area contributed by atoms with E-state index in [2.05, 4.69) is 10.4 Å². The number of carbonyl (C=O) groups is 1. The average Bonchev–Trinajstić information content (AvgIpc) is 2.97. The molecule has 2 atom stereocenters. The first-order chi connectivity index (χ1) is 11.3. The van der Waals surface area contributed by atoms with Crippen LogP contribution in [0.4, 0.5) is 19.0 Å². The third-order valence-electron chi connectivity index (χ3n) is 3.98. The predicted molar refractivity (Wildman–Crippen MR) is 75.6 cm³/mol. The van der Waals surface area contributed by atoms with E-state index in [0.717, 1.165) is 6.20 Å². The number of benzene rings is 1. The second-order valence-corrected chi connectivity index (χ2v) is 5.40. The number of carboxylic acid groups (broad SMARTS) is 1. The minimum absolute atomic E-state index is 0.204. The summed E-state index contributed by atoms with van der Waals surface area (Å²) in [6, 6.07) is 3.89. The van der Waals surface area contributed by atoms with Gasteiger partial charge in [0, 0.05) is 6.42 Å². The van der Waals surface area contributed by atoms with E-state index in [1.54, 1.807) is 24.3 Å². The lowest BCUT2D eigenvalue weighted by molar-refractivity contribution is -0.255. The van der Waals surface area contributed by atoms with Gasteiger partial charge in [0.05, 0.1) is 30.9 Å². The molecule has 1 aromatic heterocycles. The Bertz CT molecular complexity index is 756. The summed E-state index contributed by atoms with van der Waals surface area (Å²) in [6.07, 6.45) is -4.00. The molecular weight excluding hydrogens is 327 g/mol. The molecule has 0 amide bonds. The van der Waals surface area contributed by atoms with Gasteiger partial charge in [-0.15, -0.1) is 0 Å². The summed E-state index contributed by atoms with van der Waals surface area (Å²) in [7, 11) is 1.48. The largest absolute Gasteiger partial charge is 0.545 e. The fraction of sp³-hybridized carbons (Fsp3) is 0.333. The van der Waals surface area contributed by atoms with Crippen LogP contribution in [0.2, 0.25) is 0 Å². The van der Waals surface area contributed by atoms with Crippen LogP contribution < -0.4 is 15.2 Å². The van der Waals surface area contributed by atoms with Crippen molar-refractivity contribution in [3.8, 4) is 5.75 Å². The van der Waals surface area contributed by atoms with Crippen LogP contribution in [0, 0.1) is 0 Å². The maximum atomic E-state index is 13.4. The molecule has 1 aromatic carbocycles. The minimum atomic E-state index is -4.56. The molecule has 6 nitrogen and oxygen atoms in total. The van der Waals surface area contributed by atoms with Crippen molar-refractivity contribution in [3.05, 3.63) is 41.6 Å². The first kappa shape index (κ1) is 16.2. The number of rotatable bonds is 3. The normalized spacial score (nSPS) is 20.2. The molecule has 0 aliphatic carbocycles. The number of fused-ring (bicyclic) bond motifs is 1. The van der Waals surface area contributed by atoms with Crippen molar-refractivity contribution in [2.45, 2.75) is 24.7 Å². The highest BCUT2D eigenvalue weighted by Crippen LogP contribution is 2.44. The van der Waals surface area contributed by atoms with Crippen LogP contribution in [0.5, 0.6) is 5.75 Å². The van der Waals surface area contributed by atoms with Crippen LogP contribution in [-0.4, -0.2) is 29.0 Å². The van der Waals surface area contributed by atoms with E-state index in [0.29, 0.717) is 16.0 Å². The van der Waals surface area contributed by atoms with E-state index in [-0.39, 0.29) is 12.2 Å². The Kier molecular flexibility index (Phi) is 3.86. The smallest absolute Gasteiger partial charge is 0.410 e. The molecule has 0 bridgehead atoms. The number of alkyl halides is 3. The van der Waals surface area contributed by atoms with Gasteiger partial charge in [-0.3, -0.25) is 0 Å². The molecular formula is C15H13F3N3O3-. The van der Waals surface area contributed by atoms with Gasteiger partial charge in [-0.05, 0) is 17.7 Å². The SMILES string of the molecule is COc1ccc([C@@H]2C[C@H](C(F)(F)F)n3ncc(C(=O)[O-])c3N2)cc1. The second kappa shape index (κ2) is 5.73.